The summed E-state index contributed by atoms with van der Waals surface area (Å²) in [6.45, 7) is -0.0697. The van der Waals surface area contributed by atoms with Crippen molar-refractivity contribution in [1.29, 1.82) is 0 Å². The molecule has 0 aliphatic rings. The molecule has 0 aliphatic heterocycles. The molecule has 2 amide bonds. The van der Waals surface area contributed by atoms with Crippen LogP contribution in [0, 0.1) is 0 Å². The number of anilines is 1. The third-order valence-corrected chi connectivity index (χ3v) is 4.31. The number of hydrogen-bond acceptors (Lipinski definition) is 3. The molecular formula is C19H19BrN2O3. The van der Waals surface area contributed by atoms with Gasteiger partial charge in [-0.05, 0) is 28.1 Å². The molecule has 25 heavy (non-hydrogen) atoms. The van der Waals surface area contributed by atoms with Crippen molar-refractivity contribution in [2.75, 3.05) is 18.9 Å². The third kappa shape index (κ3) is 5.83. The van der Waals surface area contributed by atoms with Crippen LogP contribution in [-0.4, -0.2) is 36.1 Å². The van der Waals surface area contributed by atoms with Gasteiger partial charge >= 0.3 is 0 Å². The summed E-state index contributed by atoms with van der Waals surface area (Å²) in [6, 6.07) is 16.1. The minimum Gasteiger partial charge on any atom is -0.336 e. The highest BCUT2D eigenvalue weighted by molar-refractivity contribution is 9.10. The fourth-order valence-corrected chi connectivity index (χ4v) is 2.62. The number of hydrogen-bond donors (Lipinski definition) is 1. The number of nitrogens with one attached hydrogen (secondary N) is 1. The van der Waals surface area contributed by atoms with Crippen LogP contribution >= 0.6 is 15.9 Å². The highest BCUT2D eigenvalue weighted by Gasteiger charge is 2.15. The van der Waals surface area contributed by atoms with Gasteiger partial charge in [-0.15, -0.1) is 0 Å². The molecule has 6 heteroatoms. The van der Waals surface area contributed by atoms with Crippen LogP contribution in [-0.2, 0) is 9.59 Å². The molecule has 130 valence electrons. The molecular weight excluding hydrogens is 384 g/mol. The molecule has 0 saturated carbocycles. The van der Waals surface area contributed by atoms with Crippen LogP contribution < -0.4 is 5.32 Å². The minimum absolute atomic E-state index is 0.0697. The topological polar surface area (TPSA) is 66.5 Å². The molecule has 0 bridgehead atoms. The molecule has 0 aromatic heterocycles. The van der Waals surface area contributed by atoms with Gasteiger partial charge in [-0.2, -0.15) is 0 Å². The number of ketones is 1. The van der Waals surface area contributed by atoms with Crippen molar-refractivity contribution in [3.05, 3.63) is 64.6 Å². The second kappa shape index (κ2) is 9.13. The predicted octanol–water partition coefficient (Wildman–Crippen LogP) is 3.51. The van der Waals surface area contributed by atoms with E-state index < -0.39 is 0 Å². The number of benzene rings is 2. The Kier molecular flexibility index (Phi) is 6.89. The molecule has 0 atom stereocenters. The molecule has 2 aromatic carbocycles. The Morgan fingerprint density at radius 2 is 1.60 bits per heavy atom. The number of amides is 2. The van der Waals surface area contributed by atoms with E-state index in [0.717, 1.165) is 4.47 Å². The molecule has 0 unspecified atom stereocenters. The fraction of sp³-hybridized carbons (Fsp3) is 0.211. The van der Waals surface area contributed by atoms with Gasteiger partial charge in [-0.1, -0.05) is 42.5 Å². The van der Waals surface area contributed by atoms with E-state index in [4.69, 9.17) is 0 Å². The highest BCUT2D eigenvalue weighted by Crippen LogP contribution is 2.21. The van der Waals surface area contributed by atoms with Gasteiger partial charge in [0.15, 0.2) is 5.78 Å². The maximum absolute atomic E-state index is 12.1. The SMILES string of the molecule is CN(CC(=O)Nc1ccccc1Br)C(=O)CCC(=O)c1ccccc1. The number of carbonyl (C=O) groups is 3. The molecule has 2 rings (SSSR count). The molecule has 0 fully saturated rings. The molecule has 0 aliphatic carbocycles. The van der Waals surface area contributed by atoms with E-state index in [1.54, 1.807) is 37.4 Å². The largest absolute Gasteiger partial charge is 0.336 e. The van der Waals surface area contributed by atoms with Gasteiger partial charge in [-0.25, -0.2) is 0 Å². The summed E-state index contributed by atoms with van der Waals surface area (Å²) in [7, 11) is 1.55. The predicted molar refractivity (Wildman–Crippen MR) is 100 cm³/mol. The summed E-state index contributed by atoms with van der Waals surface area (Å²) in [5.41, 5.74) is 1.23. The Morgan fingerprint density at radius 3 is 2.28 bits per heavy atom. The fourth-order valence-electron chi connectivity index (χ4n) is 2.24. The van der Waals surface area contributed by atoms with Crippen molar-refractivity contribution in [2.45, 2.75) is 12.8 Å². The lowest BCUT2D eigenvalue weighted by Crippen LogP contribution is -2.35. The van der Waals surface area contributed by atoms with Gasteiger partial charge in [-0.3, -0.25) is 14.4 Å². The number of rotatable bonds is 7. The number of nitrogens with zero attached hydrogens (tertiary/aromatic N) is 1. The van der Waals surface area contributed by atoms with Gasteiger partial charge in [0.1, 0.15) is 0 Å². The lowest BCUT2D eigenvalue weighted by atomic mass is 10.1. The maximum Gasteiger partial charge on any atom is 0.244 e. The quantitative estimate of drug-likeness (QED) is 0.720. The summed E-state index contributed by atoms with van der Waals surface area (Å²) >= 11 is 3.35. The van der Waals surface area contributed by atoms with Crippen LogP contribution in [0.5, 0.6) is 0 Å². The standard InChI is InChI=1S/C19H19BrN2O3/c1-22(13-18(24)21-16-10-6-5-9-15(16)20)19(25)12-11-17(23)14-7-3-2-4-8-14/h2-10H,11-13H2,1H3,(H,21,24). The van der Waals surface area contributed by atoms with E-state index in [0.29, 0.717) is 11.3 Å². The normalized spacial score (nSPS) is 10.2. The first-order chi connectivity index (χ1) is 12.0. The van der Waals surface area contributed by atoms with Gasteiger partial charge in [0.2, 0.25) is 11.8 Å². The van der Waals surface area contributed by atoms with Crippen molar-refractivity contribution in [1.82, 2.24) is 4.90 Å². The second-order valence-electron chi connectivity index (χ2n) is 5.57. The Bertz CT molecular complexity index is 762. The Hall–Kier alpha value is -2.47. The number of para-hydroxylation sites is 1. The monoisotopic (exact) mass is 402 g/mol. The van der Waals surface area contributed by atoms with Gasteiger partial charge in [0.05, 0.1) is 12.2 Å². The average Bonchev–Trinajstić information content (AvgIpc) is 2.62. The molecule has 0 radical (unpaired) electrons. The number of carbonyl (C=O) groups excluding carboxylic acids is 3. The summed E-state index contributed by atoms with van der Waals surface area (Å²) in [4.78, 5) is 37.5. The van der Waals surface area contributed by atoms with Crippen molar-refractivity contribution in [3.8, 4) is 0 Å². The molecule has 2 aromatic rings. The lowest BCUT2D eigenvalue weighted by Gasteiger charge is -2.17. The van der Waals surface area contributed by atoms with Gasteiger partial charge in [0.25, 0.3) is 0 Å². The van der Waals surface area contributed by atoms with E-state index in [9.17, 15) is 14.4 Å². The van der Waals surface area contributed by atoms with Gasteiger partial charge < -0.3 is 10.2 Å². The van der Waals surface area contributed by atoms with Crippen molar-refractivity contribution in [2.24, 2.45) is 0 Å². The number of Topliss-reactive ketones (excluding diaryl/α,β-unsaturated/α-hetero) is 1. The zero-order valence-corrected chi connectivity index (χ0v) is 15.5. The Morgan fingerprint density at radius 1 is 0.960 bits per heavy atom. The first kappa shape index (κ1) is 18.9. The lowest BCUT2D eigenvalue weighted by molar-refractivity contribution is -0.133. The summed E-state index contributed by atoms with van der Waals surface area (Å²) in [5.74, 6) is -0.622. The molecule has 0 saturated heterocycles. The zero-order chi connectivity index (χ0) is 18.2. The molecule has 5 nitrogen and oxygen atoms in total. The minimum atomic E-state index is -0.294. The van der Waals surface area contributed by atoms with E-state index in [1.807, 2.05) is 24.3 Å². The first-order valence-electron chi connectivity index (χ1n) is 7.84. The Balaban J connectivity index is 1.81. The van der Waals surface area contributed by atoms with E-state index in [2.05, 4.69) is 21.2 Å². The summed E-state index contributed by atoms with van der Waals surface area (Å²) < 4.78 is 0.769. The molecule has 1 N–H and O–H groups in total. The number of likely N-dealkylation sites (N-methyl/N-ethyl adjacent to an activating group) is 1. The summed E-state index contributed by atoms with van der Waals surface area (Å²) in [6.07, 6.45) is 0.200. The molecule has 0 spiro atoms. The van der Waals surface area contributed by atoms with E-state index in [1.165, 1.54) is 4.90 Å². The third-order valence-electron chi connectivity index (χ3n) is 3.62. The summed E-state index contributed by atoms with van der Waals surface area (Å²) in [5, 5.41) is 2.74. The number of halogens is 1. The Labute approximate surface area is 155 Å². The van der Waals surface area contributed by atoms with Gasteiger partial charge in [0, 0.05) is 29.9 Å². The van der Waals surface area contributed by atoms with Crippen molar-refractivity contribution < 1.29 is 14.4 Å². The van der Waals surface area contributed by atoms with Crippen LogP contribution in [0.4, 0.5) is 5.69 Å². The zero-order valence-electron chi connectivity index (χ0n) is 13.9. The second-order valence-corrected chi connectivity index (χ2v) is 6.42. The van der Waals surface area contributed by atoms with Crippen LogP contribution in [0.25, 0.3) is 0 Å². The van der Waals surface area contributed by atoms with Crippen LogP contribution in [0.3, 0.4) is 0 Å². The smallest absolute Gasteiger partial charge is 0.244 e. The van der Waals surface area contributed by atoms with Crippen molar-refractivity contribution in [3.63, 3.8) is 0 Å². The highest BCUT2D eigenvalue weighted by atomic mass is 79.9. The van der Waals surface area contributed by atoms with Crippen molar-refractivity contribution >= 4 is 39.2 Å². The van der Waals surface area contributed by atoms with Crippen LogP contribution in [0.2, 0.25) is 0 Å². The first-order valence-corrected chi connectivity index (χ1v) is 8.63. The van der Waals surface area contributed by atoms with Crippen LogP contribution in [0.15, 0.2) is 59.1 Å². The molecule has 0 heterocycles. The van der Waals surface area contributed by atoms with Crippen LogP contribution in [0.1, 0.15) is 23.2 Å². The average molecular weight is 403 g/mol. The maximum atomic E-state index is 12.1. The van der Waals surface area contributed by atoms with E-state index in [-0.39, 0.29) is 37.0 Å². The van der Waals surface area contributed by atoms with E-state index >= 15 is 0 Å².